The van der Waals surface area contributed by atoms with Gasteiger partial charge in [-0.2, -0.15) is 4.31 Å². The molecule has 10 N–H and O–H groups in total. The summed E-state index contributed by atoms with van der Waals surface area (Å²) in [6.45, 7) is 11.9. The van der Waals surface area contributed by atoms with E-state index < -0.39 is 84.6 Å². The predicted octanol–water partition coefficient (Wildman–Crippen LogP) is 5.96. The number of anilines is 1. The molecule has 1 aliphatic heterocycles. The van der Waals surface area contributed by atoms with Crippen LogP contribution in [0.3, 0.4) is 0 Å². The number of amides is 2. The van der Waals surface area contributed by atoms with Crippen molar-refractivity contribution in [3.63, 3.8) is 0 Å². The highest BCUT2D eigenvalue weighted by Crippen LogP contribution is 2.68. The number of hydrogen-bond acceptors (Lipinski definition) is 19. The molecule has 442 valence electrons. The van der Waals surface area contributed by atoms with Crippen molar-refractivity contribution in [3.05, 3.63) is 35.4 Å². The summed E-state index contributed by atoms with van der Waals surface area (Å²) >= 11 is 1.13. The van der Waals surface area contributed by atoms with E-state index in [0.29, 0.717) is 41.1 Å². The highest BCUT2D eigenvalue weighted by Gasteiger charge is 2.59. The van der Waals surface area contributed by atoms with Crippen LogP contribution < -0.4 is 16.4 Å². The summed E-state index contributed by atoms with van der Waals surface area (Å²) in [6.07, 6.45) is 6.59. The monoisotopic (exact) mass is 1190 g/mol. The molecule has 2 unspecified atom stereocenters. The summed E-state index contributed by atoms with van der Waals surface area (Å²) in [6, 6.07) is 0. The van der Waals surface area contributed by atoms with E-state index in [1.807, 2.05) is 13.0 Å². The molecule has 3 saturated carbocycles. The first-order valence-corrected chi connectivity index (χ1v) is 32.4. The molecule has 5 aliphatic rings. The second-order valence-electron chi connectivity index (χ2n) is 23.0. The molecule has 2 aromatic heterocycles. The summed E-state index contributed by atoms with van der Waals surface area (Å²) in [5.41, 5.74) is 8.06. The number of aromatic nitrogens is 4. The summed E-state index contributed by atoms with van der Waals surface area (Å²) in [4.78, 5) is 103. The summed E-state index contributed by atoms with van der Waals surface area (Å²) in [5.74, 6) is 2.44. The highest BCUT2D eigenvalue weighted by atomic mass is 32.2. The van der Waals surface area contributed by atoms with Crippen molar-refractivity contribution in [1.29, 1.82) is 0 Å². The van der Waals surface area contributed by atoms with Crippen molar-refractivity contribution in [2.75, 3.05) is 37.8 Å². The number of ether oxygens (including phenoxy) is 1. The van der Waals surface area contributed by atoms with Crippen molar-refractivity contribution in [2.45, 2.75) is 156 Å². The highest BCUT2D eigenvalue weighted by molar-refractivity contribution is 8.14. The zero-order valence-corrected chi connectivity index (χ0v) is 49.2. The van der Waals surface area contributed by atoms with E-state index in [1.165, 1.54) is 51.5 Å². The van der Waals surface area contributed by atoms with Crippen LogP contribution in [0.5, 0.6) is 0 Å². The Morgan fingerprint density at radius 3 is 2.41 bits per heavy atom. The number of imidazole rings is 1. The first kappa shape index (κ1) is 63.3. The van der Waals surface area contributed by atoms with Gasteiger partial charge in [0.2, 0.25) is 16.9 Å². The number of carbonyl (C=O) groups is 4. The minimum atomic E-state index is -5.60. The molecule has 2 amide bonds. The van der Waals surface area contributed by atoms with Gasteiger partial charge in [-0.25, -0.2) is 28.6 Å². The average Bonchev–Trinajstić information content (AvgIpc) is 4.11. The summed E-state index contributed by atoms with van der Waals surface area (Å²) < 4.78 is 62.9. The normalized spacial score (nSPS) is 30.7. The fourth-order valence-corrected chi connectivity index (χ4v) is 16.9. The largest absolute Gasteiger partial charge is 0.481 e. The van der Waals surface area contributed by atoms with Crippen LogP contribution in [0, 0.1) is 45.8 Å². The zero-order valence-electron chi connectivity index (χ0n) is 45.7. The smallest absolute Gasteiger partial charge is 0.386 e. The standard InChI is InChI=1S/C50H78N7O18P3S/c1-8-30(10-9-28(2)34-13-14-35-33-12-11-31-23-32(58)15-18-49(31,6)36(33)16-19-50(34,35)7)29(3)47(63)79-22-21-52-38(59)17-20-53-45(62)42(61)48(4,5)25-72-78(69,70)75-77(67,68)71-24-37-41(74-76(64,65)66)40(60)46(73-37)57-27-56-39-43(51)54-26-55-44(39)57/h23,26-28,33-37,40-42,46,60-61H,8-22,24-25H2,1-7H3,(H,52,59)(H,53,62)(H,67,68)(H,69,70)(H2,51,54,55)(H2,64,65,66)/b30-29+/t28-,33+,34-,35+,36+,37-,40-,41-,42+,46-,49+,50-/m1/s1. The van der Waals surface area contributed by atoms with Crippen LogP contribution in [0.4, 0.5) is 5.82 Å². The molecule has 0 spiro atoms. The lowest BCUT2D eigenvalue weighted by Gasteiger charge is -2.58. The van der Waals surface area contributed by atoms with Gasteiger partial charge in [0.1, 0.15) is 36.3 Å². The number of aliphatic hydroxyl groups excluding tert-OH is 2. The van der Waals surface area contributed by atoms with Crippen molar-refractivity contribution >= 4 is 74.9 Å². The van der Waals surface area contributed by atoms with Gasteiger partial charge in [0.25, 0.3) is 0 Å². The molecular weight excluding hydrogens is 1110 g/mol. The third kappa shape index (κ3) is 14.7. The lowest BCUT2D eigenvalue weighted by Crippen LogP contribution is -2.50. The number of nitrogen functional groups attached to an aromatic ring is 1. The number of thioether (sulfide) groups is 1. The van der Waals surface area contributed by atoms with Gasteiger partial charge in [0, 0.05) is 42.7 Å². The van der Waals surface area contributed by atoms with Gasteiger partial charge in [-0.15, -0.1) is 0 Å². The molecule has 1 saturated heterocycles. The zero-order chi connectivity index (χ0) is 58.0. The quantitative estimate of drug-likeness (QED) is 0.0315. The Morgan fingerprint density at radius 1 is 0.975 bits per heavy atom. The van der Waals surface area contributed by atoms with Crippen LogP contribution in [0.2, 0.25) is 0 Å². The van der Waals surface area contributed by atoms with Crippen molar-refractivity contribution in [3.8, 4) is 0 Å². The molecule has 0 aromatic carbocycles. The number of phosphoric ester groups is 3. The maximum absolute atomic E-state index is 13.3. The molecule has 7 rings (SSSR count). The van der Waals surface area contributed by atoms with E-state index in [0.717, 1.165) is 84.1 Å². The molecule has 4 aliphatic carbocycles. The van der Waals surface area contributed by atoms with E-state index in [-0.39, 0.29) is 47.0 Å². The van der Waals surface area contributed by atoms with Crippen molar-refractivity contribution < 1.29 is 85.3 Å². The van der Waals surface area contributed by atoms with E-state index in [9.17, 15) is 62.7 Å². The number of phosphoric acid groups is 3. The minimum Gasteiger partial charge on any atom is -0.386 e. The second-order valence-corrected chi connectivity index (χ2v) is 28.3. The van der Waals surface area contributed by atoms with Gasteiger partial charge >= 0.3 is 23.5 Å². The van der Waals surface area contributed by atoms with Gasteiger partial charge in [-0.3, -0.25) is 37.3 Å². The Balaban J connectivity index is 0.792. The van der Waals surface area contributed by atoms with Gasteiger partial charge in [-0.1, -0.05) is 64.5 Å². The molecule has 4 fully saturated rings. The second kappa shape index (κ2) is 25.3. The molecular formula is C50H78N7O18P3S. The Labute approximate surface area is 463 Å². The lowest BCUT2D eigenvalue weighted by atomic mass is 9.46. The number of carbonyl (C=O) groups excluding carboxylic acids is 4. The Bertz CT molecular complexity index is 2810. The van der Waals surface area contributed by atoms with E-state index in [2.05, 4.69) is 62.1 Å². The van der Waals surface area contributed by atoms with Crippen LogP contribution in [-0.2, 0) is 55.5 Å². The molecule has 2 aromatic rings. The first-order valence-electron chi connectivity index (χ1n) is 26.9. The molecule has 0 bridgehead atoms. The number of ketones is 1. The molecule has 0 radical (unpaired) electrons. The SMILES string of the molecule is CC/C(CC[C@@H](C)[C@H]1CC[C@H]2[C@@H]3CCC4=CC(=O)CC[C@]4(C)[C@H]3CC[C@]12C)=C(/C)C(=O)SCCNC(=O)CCNC(=O)[C@H](O)C(C)(C)COP(=O)(O)OP(=O)(O)OC[C@H]1O[C@@H](n2cnc3c(N)ncnc32)[C@H](O)[C@@H]1OP(=O)(O)O. The maximum Gasteiger partial charge on any atom is 0.481 e. The van der Waals surface area contributed by atoms with E-state index in [1.54, 1.807) is 0 Å². The molecule has 79 heavy (non-hydrogen) atoms. The Hall–Kier alpha value is -3.29. The predicted molar refractivity (Wildman–Crippen MR) is 289 cm³/mol. The van der Waals surface area contributed by atoms with Gasteiger partial charge < -0.3 is 50.9 Å². The molecule has 25 nitrogen and oxygen atoms in total. The molecule has 29 heteroatoms. The van der Waals surface area contributed by atoms with Crippen LogP contribution in [0.25, 0.3) is 11.2 Å². The number of fused-ring (bicyclic) bond motifs is 6. The van der Waals surface area contributed by atoms with Crippen LogP contribution in [0.1, 0.15) is 132 Å². The topological polar surface area (TPSA) is 381 Å². The van der Waals surface area contributed by atoms with Crippen LogP contribution >= 0.6 is 35.2 Å². The lowest BCUT2D eigenvalue weighted by molar-refractivity contribution is -0.137. The number of hydrogen-bond donors (Lipinski definition) is 9. The fourth-order valence-electron chi connectivity index (χ4n) is 13.3. The number of nitrogens with one attached hydrogen (secondary N) is 2. The number of allylic oxidation sites excluding steroid dienone is 2. The summed E-state index contributed by atoms with van der Waals surface area (Å²) in [5, 5.41) is 26.9. The number of rotatable bonds is 25. The van der Waals surface area contributed by atoms with Gasteiger partial charge in [-0.05, 0) is 118 Å². The Morgan fingerprint density at radius 2 is 1.70 bits per heavy atom. The molecule has 3 heterocycles. The third-order valence-corrected chi connectivity index (χ3v) is 21.7. The van der Waals surface area contributed by atoms with Gasteiger partial charge in [0.15, 0.2) is 23.5 Å². The molecule has 14 atom stereocenters. The Kier molecular flexibility index (Phi) is 20.3. The summed E-state index contributed by atoms with van der Waals surface area (Å²) in [7, 11) is -16.5. The average molecular weight is 1190 g/mol. The first-order chi connectivity index (χ1) is 36.9. The maximum atomic E-state index is 13.3. The van der Waals surface area contributed by atoms with E-state index in [4.69, 9.17) is 19.5 Å². The third-order valence-electron chi connectivity index (χ3n) is 17.6. The van der Waals surface area contributed by atoms with Crippen molar-refractivity contribution in [1.82, 2.24) is 30.2 Å². The number of aliphatic hydroxyl groups is 2. The minimum absolute atomic E-state index is 0.0302. The van der Waals surface area contributed by atoms with Crippen LogP contribution in [0.15, 0.2) is 35.4 Å². The van der Waals surface area contributed by atoms with E-state index >= 15 is 0 Å². The van der Waals surface area contributed by atoms with Crippen molar-refractivity contribution in [2.24, 2.45) is 45.8 Å². The fraction of sp³-hybridized carbons (Fsp3) is 0.740. The van der Waals surface area contributed by atoms with Crippen LogP contribution in [-0.4, -0.2) is 128 Å². The number of nitrogens with two attached hydrogens (primary N) is 1. The number of nitrogens with zero attached hydrogens (tertiary/aromatic N) is 4. The van der Waals surface area contributed by atoms with Gasteiger partial charge in [0.05, 0.1) is 19.5 Å².